The van der Waals surface area contributed by atoms with Crippen LogP contribution in [0.1, 0.15) is 11.1 Å². The number of amides is 1. The summed E-state index contributed by atoms with van der Waals surface area (Å²) in [5.41, 5.74) is 2.05. The maximum Gasteiger partial charge on any atom is 0.243 e. The van der Waals surface area contributed by atoms with E-state index in [1.165, 1.54) is 16.4 Å². The first-order valence-electron chi connectivity index (χ1n) is 8.46. The molecular weight excluding hydrogens is 355 g/mol. The number of aryl methyl sites for hydroxylation is 1. The predicted octanol–water partition coefficient (Wildman–Crippen LogP) is 2.21. The first kappa shape index (κ1) is 18.5. The fourth-order valence-corrected chi connectivity index (χ4v) is 4.44. The molecule has 1 fully saturated rings. The van der Waals surface area contributed by atoms with E-state index in [0.29, 0.717) is 19.5 Å². The third-order valence-corrected chi connectivity index (χ3v) is 6.56. The van der Waals surface area contributed by atoms with Crippen LogP contribution in [0.4, 0.5) is 4.39 Å². The molecule has 0 bridgehead atoms. The van der Waals surface area contributed by atoms with Gasteiger partial charge in [0, 0.05) is 26.2 Å². The summed E-state index contributed by atoms with van der Waals surface area (Å²) in [5.74, 6) is -0.478. The second kappa shape index (κ2) is 7.55. The van der Waals surface area contributed by atoms with Crippen LogP contribution >= 0.6 is 0 Å². The average Bonchev–Trinajstić information content (AvgIpc) is 2.64. The van der Waals surface area contributed by atoms with E-state index >= 15 is 0 Å². The van der Waals surface area contributed by atoms with Crippen LogP contribution < -0.4 is 0 Å². The predicted molar refractivity (Wildman–Crippen MR) is 96.6 cm³/mol. The molecule has 0 unspecified atom stereocenters. The molecule has 2 aromatic carbocycles. The number of hydrogen-bond acceptors (Lipinski definition) is 3. The van der Waals surface area contributed by atoms with Crippen LogP contribution in [0.3, 0.4) is 0 Å². The minimum atomic E-state index is -3.66. The summed E-state index contributed by atoms with van der Waals surface area (Å²) in [6.45, 7) is 3.14. The summed E-state index contributed by atoms with van der Waals surface area (Å²) in [6, 6.07) is 12.5. The van der Waals surface area contributed by atoms with E-state index in [-0.39, 0.29) is 23.9 Å². The fraction of sp³-hybridized carbons (Fsp3) is 0.316. The van der Waals surface area contributed by atoms with Gasteiger partial charge in [-0.05, 0) is 42.3 Å². The first-order chi connectivity index (χ1) is 12.4. The number of carbonyl (C=O) groups is 1. The topological polar surface area (TPSA) is 57.7 Å². The highest BCUT2D eigenvalue weighted by atomic mass is 32.2. The SMILES string of the molecule is Cc1ccccc1CC(=O)N1CCN(S(=O)(=O)c2ccc(F)cc2)CC1. The van der Waals surface area contributed by atoms with E-state index in [2.05, 4.69) is 0 Å². The Balaban J connectivity index is 1.62. The quantitative estimate of drug-likeness (QED) is 0.822. The molecule has 0 atom stereocenters. The molecule has 0 spiro atoms. The van der Waals surface area contributed by atoms with Crippen molar-refractivity contribution < 1.29 is 17.6 Å². The number of hydrogen-bond donors (Lipinski definition) is 0. The third-order valence-electron chi connectivity index (χ3n) is 4.65. The molecule has 1 heterocycles. The van der Waals surface area contributed by atoms with E-state index in [1.807, 2.05) is 31.2 Å². The lowest BCUT2D eigenvalue weighted by atomic mass is 10.1. The number of rotatable bonds is 4. The molecule has 0 radical (unpaired) electrons. The molecule has 26 heavy (non-hydrogen) atoms. The van der Waals surface area contributed by atoms with Crippen molar-refractivity contribution in [3.05, 3.63) is 65.5 Å². The molecule has 2 aromatic rings. The lowest BCUT2D eigenvalue weighted by Crippen LogP contribution is -2.50. The van der Waals surface area contributed by atoms with Crippen molar-refractivity contribution in [1.29, 1.82) is 0 Å². The van der Waals surface area contributed by atoms with Gasteiger partial charge in [0.05, 0.1) is 11.3 Å². The molecule has 5 nitrogen and oxygen atoms in total. The number of benzene rings is 2. The normalized spacial score (nSPS) is 15.8. The second-order valence-corrected chi connectivity index (χ2v) is 8.28. The monoisotopic (exact) mass is 376 g/mol. The Hall–Kier alpha value is -2.25. The minimum Gasteiger partial charge on any atom is -0.340 e. The third kappa shape index (κ3) is 3.94. The summed E-state index contributed by atoms with van der Waals surface area (Å²) >= 11 is 0. The van der Waals surface area contributed by atoms with Gasteiger partial charge in [-0.25, -0.2) is 12.8 Å². The Morgan fingerprint density at radius 2 is 1.62 bits per heavy atom. The molecule has 0 aromatic heterocycles. The van der Waals surface area contributed by atoms with Gasteiger partial charge >= 0.3 is 0 Å². The first-order valence-corrected chi connectivity index (χ1v) is 9.90. The van der Waals surface area contributed by atoms with Gasteiger partial charge in [-0.2, -0.15) is 4.31 Å². The fourth-order valence-electron chi connectivity index (χ4n) is 3.02. The zero-order valence-corrected chi connectivity index (χ0v) is 15.4. The summed E-state index contributed by atoms with van der Waals surface area (Å²) in [6.07, 6.45) is 0.317. The molecule has 1 saturated heterocycles. The zero-order valence-electron chi connectivity index (χ0n) is 14.6. The van der Waals surface area contributed by atoms with E-state index in [0.717, 1.165) is 23.3 Å². The minimum absolute atomic E-state index is 0.00173. The van der Waals surface area contributed by atoms with Gasteiger partial charge in [0.25, 0.3) is 0 Å². The molecule has 7 heteroatoms. The summed E-state index contributed by atoms with van der Waals surface area (Å²) in [5, 5.41) is 0. The van der Waals surface area contributed by atoms with Crippen molar-refractivity contribution in [3.63, 3.8) is 0 Å². The molecule has 1 aliphatic heterocycles. The van der Waals surface area contributed by atoms with Crippen LogP contribution in [0.5, 0.6) is 0 Å². The number of carbonyl (C=O) groups excluding carboxylic acids is 1. The van der Waals surface area contributed by atoms with Gasteiger partial charge < -0.3 is 4.90 Å². The van der Waals surface area contributed by atoms with Crippen LogP contribution in [0.15, 0.2) is 53.4 Å². The van der Waals surface area contributed by atoms with Crippen molar-refractivity contribution >= 4 is 15.9 Å². The Kier molecular flexibility index (Phi) is 5.38. The maximum absolute atomic E-state index is 13.0. The molecule has 1 aliphatic rings. The molecule has 0 N–H and O–H groups in total. The molecule has 1 amide bonds. The number of halogens is 1. The Morgan fingerprint density at radius 3 is 2.23 bits per heavy atom. The largest absolute Gasteiger partial charge is 0.340 e. The van der Waals surface area contributed by atoms with Crippen molar-refractivity contribution in [3.8, 4) is 0 Å². The van der Waals surface area contributed by atoms with Crippen molar-refractivity contribution in [2.75, 3.05) is 26.2 Å². The van der Waals surface area contributed by atoms with E-state index < -0.39 is 15.8 Å². The molecule has 138 valence electrons. The second-order valence-electron chi connectivity index (χ2n) is 6.34. The highest BCUT2D eigenvalue weighted by Crippen LogP contribution is 2.18. The van der Waals surface area contributed by atoms with Crippen LogP contribution in [0.25, 0.3) is 0 Å². The van der Waals surface area contributed by atoms with Crippen LogP contribution in [-0.4, -0.2) is 49.7 Å². The summed E-state index contributed by atoms with van der Waals surface area (Å²) < 4.78 is 39.6. The van der Waals surface area contributed by atoms with Gasteiger partial charge in [0.15, 0.2) is 0 Å². The molecular formula is C19H21FN2O3S. The van der Waals surface area contributed by atoms with Gasteiger partial charge in [-0.15, -0.1) is 0 Å². The van der Waals surface area contributed by atoms with Gasteiger partial charge in [-0.3, -0.25) is 4.79 Å². The Bertz CT molecular complexity index is 889. The van der Waals surface area contributed by atoms with Gasteiger partial charge in [-0.1, -0.05) is 24.3 Å². The number of piperazine rings is 1. The van der Waals surface area contributed by atoms with Crippen LogP contribution in [0.2, 0.25) is 0 Å². The number of sulfonamides is 1. The highest BCUT2D eigenvalue weighted by Gasteiger charge is 2.30. The van der Waals surface area contributed by atoms with Gasteiger partial charge in [0.1, 0.15) is 5.82 Å². The Morgan fingerprint density at radius 1 is 1.00 bits per heavy atom. The van der Waals surface area contributed by atoms with E-state index in [9.17, 15) is 17.6 Å². The number of nitrogens with zero attached hydrogens (tertiary/aromatic N) is 2. The standard InChI is InChI=1S/C19H21FN2O3S/c1-15-4-2-3-5-16(15)14-19(23)21-10-12-22(13-11-21)26(24,25)18-8-6-17(20)7-9-18/h2-9H,10-14H2,1H3. The summed E-state index contributed by atoms with van der Waals surface area (Å²) in [4.78, 5) is 14.3. The van der Waals surface area contributed by atoms with Crippen molar-refractivity contribution in [2.24, 2.45) is 0 Å². The lowest BCUT2D eigenvalue weighted by Gasteiger charge is -2.34. The molecule has 0 aliphatic carbocycles. The van der Waals surface area contributed by atoms with E-state index in [4.69, 9.17) is 0 Å². The highest BCUT2D eigenvalue weighted by molar-refractivity contribution is 7.89. The van der Waals surface area contributed by atoms with E-state index in [1.54, 1.807) is 4.90 Å². The van der Waals surface area contributed by atoms with Gasteiger partial charge in [0.2, 0.25) is 15.9 Å². The Labute approximate surface area is 153 Å². The van der Waals surface area contributed by atoms with Crippen molar-refractivity contribution in [2.45, 2.75) is 18.2 Å². The smallest absolute Gasteiger partial charge is 0.243 e. The van der Waals surface area contributed by atoms with Crippen molar-refractivity contribution in [1.82, 2.24) is 9.21 Å². The maximum atomic E-state index is 13.0. The summed E-state index contributed by atoms with van der Waals surface area (Å²) in [7, 11) is -3.66. The van der Waals surface area contributed by atoms with Crippen LogP contribution in [0, 0.1) is 12.7 Å². The van der Waals surface area contributed by atoms with Crippen LogP contribution in [-0.2, 0) is 21.2 Å². The molecule has 3 rings (SSSR count). The molecule has 0 saturated carbocycles. The lowest BCUT2D eigenvalue weighted by molar-refractivity contribution is -0.131. The average molecular weight is 376 g/mol. The zero-order chi connectivity index (χ0) is 18.7.